The minimum atomic E-state index is -0.624. The van der Waals surface area contributed by atoms with Gasteiger partial charge in [0.05, 0.1) is 11.6 Å². The van der Waals surface area contributed by atoms with Crippen LogP contribution >= 0.6 is 0 Å². The number of amides is 2. The van der Waals surface area contributed by atoms with Crippen LogP contribution in [0, 0.1) is 5.92 Å². The van der Waals surface area contributed by atoms with Gasteiger partial charge in [-0.25, -0.2) is 0 Å². The molecule has 3 aromatic rings. The van der Waals surface area contributed by atoms with Crippen molar-refractivity contribution in [3.05, 3.63) is 83.3 Å². The van der Waals surface area contributed by atoms with Gasteiger partial charge in [0.15, 0.2) is 11.5 Å². The van der Waals surface area contributed by atoms with Crippen LogP contribution in [0.25, 0.3) is 11.3 Å². The van der Waals surface area contributed by atoms with Crippen LogP contribution in [-0.4, -0.2) is 52.9 Å². The highest BCUT2D eigenvalue weighted by Gasteiger charge is 2.46. The number of Topliss-reactive ketones (excluding diaryl/α,β-unsaturated/α-hetero) is 1. The molecule has 1 aromatic heterocycles. The molecule has 0 fully saturated rings. The Kier molecular flexibility index (Phi) is 7.05. The van der Waals surface area contributed by atoms with Crippen molar-refractivity contribution in [1.82, 2.24) is 10.1 Å². The van der Waals surface area contributed by atoms with Crippen molar-refractivity contribution < 1.29 is 24.0 Å². The summed E-state index contributed by atoms with van der Waals surface area (Å²) in [5, 5.41) is 14.9. The van der Waals surface area contributed by atoms with Crippen LogP contribution in [0.2, 0.25) is 0 Å². The summed E-state index contributed by atoms with van der Waals surface area (Å²) in [6.45, 7) is 4.01. The lowest BCUT2D eigenvalue weighted by atomic mass is 9.85. The van der Waals surface area contributed by atoms with Crippen LogP contribution < -0.4 is 4.90 Å². The molecule has 1 aliphatic rings. The molecule has 1 aliphatic heterocycles. The van der Waals surface area contributed by atoms with E-state index in [2.05, 4.69) is 5.16 Å². The molecule has 0 saturated carbocycles. The Morgan fingerprint density at radius 3 is 2.14 bits per heavy atom. The second-order valence-corrected chi connectivity index (χ2v) is 9.00. The monoisotopic (exact) mass is 487 g/mol. The van der Waals surface area contributed by atoms with Gasteiger partial charge in [0.1, 0.15) is 12.0 Å². The summed E-state index contributed by atoms with van der Waals surface area (Å²) in [6, 6.07) is 14.6. The van der Waals surface area contributed by atoms with Crippen LogP contribution in [0.3, 0.4) is 0 Å². The number of hydrogen-bond donors (Lipinski definition) is 1. The molecule has 2 heterocycles. The van der Waals surface area contributed by atoms with Gasteiger partial charge in [0, 0.05) is 42.5 Å². The van der Waals surface area contributed by atoms with E-state index >= 15 is 0 Å². The number of aromatic nitrogens is 1. The van der Waals surface area contributed by atoms with Gasteiger partial charge in [0.25, 0.3) is 11.8 Å². The smallest absolute Gasteiger partial charge is 0.294 e. The van der Waals surface area contributed by atoms with Gasteiger partial charge < -0.3 is 14.5 Å². The fourth-order valence-electron chi connectivity index (χ4n) is 4.66. The van der Waals surface area contributed by atoms with E-state index in [1.165, 1.54) is 16.1 Å². The topological polar surface area (TPSA) is 104 Å². The number of aliphatic hydroxyl groups is 1. The van der Waals surface area contributed by atoms with Crippen LogP contribution in [0.4, 0.5) is 5.69 Å². The lowest BCUT2D eigenvalue weighted by molar-refractivity contribution is -0.117. The summed E-state index contributed by atoms with van der Waals surface area (Å²) >= 11 is 0. The lowest BCUT2D eigenvalue weighted by Gasteiger charge is -2.32. The molecule has 186 valence electrons. The number of benzene rings is 2. The molecule has 8 heteroatoms. The minimum Gasteiger partial charge on any atom is -0.503 e. The van der Waals surface area contributed by atoms with Gasteiger partial charge in [-0.2, -0.15) is 0 Å². The Balaban J connectivity index is 1.71. The molecule has 0 aliphatic carbocycles. The van der Waals surface area contributed by atoms with Crippen LogP contribution in [0.15, 0.2) is 76.7 Å². The normalized spacial score (nSPS) is 15.6. The Labute approximate surface area is 209 Å². The summed E-state index contributed by atoms with van der Waals surface area (Å²) in [4.78, 5) is 42.2. The van der Waals surface area contributed by atoms with Gasteiger partial charge in [-0.3, -0.25) is 19.3 Å². The summed E-state index contributed by atoms with van der Waals surface area (Å²) in [7, 11) is 3.31. The van der Waals surface area contributed by atoms with E-state index in [1.54, 1.807) is 56.6 Å². The van der Waals surface area contributed by atoms with E-state index in [-0.39, 0.29) is 17.4 Å². The summed E-state index contributed by atoms with van der Waals surface area (Å²) in [5.74, 6) is -1.80. The highest BCUT2D eigenvalue weighted by Crippen LogP contribution is 2.38. The van der Waals surface area contributed by atoms with Gasteiger partial charge in [-0.15, -0.1) is 0 Å². The maximum absolute atomic E-state index is 13.6. The van der Waals surface area contributed by atoms with Gasteiger partial charge in [-0.05, 0) is 30.2 Å². The number of carbonyl (C=O) groups is 3. The fourth-order valence-corrected chi connectivity index (χ4v) is 4.66. The fraction of sp³-hybridized carbons (Fsp3) is 0.286. The molecule has 2 aromatic carbocycles. The third kappa shape index (κ3) is 4.42. The molecule has 1 atom stereocenters. The molecule has 0 saturated heterocycles. The average Bonchev–Trinajstić information content (AvgIpc) is 3.52. The number of hydrogen-bond acceptors (Lipinski definition) is 6. The van der Waals surface area contributed by atoms with E-state index < -0.39 is 23.5 Å². The molecular formula is C28H29N3O5. The van der Waals surface area contributed by atoms with Crippen molar-refractivity contribution in [1.29, 1.82) is 0 Å². The summed E-state index contributed by atoms with van der Waals surface area (Å²) < 4.78 is 4.91. The molecule has 36 heavy (non-hydrogen) atoms. The highest BCUT2D eigenvalue weighted by molar-refractivity contribution is 6.21. The van der Waals surface area contributed by atoms with Crippen molar-refractivity contribution in [2.24, 2.45) is 5.92 Å². The highest BCUT2D eigenvalue weighted by atomic mass is 16.5. The number of ketones is 1. The van der Waals surface area contributed by atoms with Crippen LogP contribution in [0.1, 0.15) is 47.4 Å². The average molecular weight is 488 g/mol. The zero-order chi connectivity index (χ0) is 26.0. The maximum atomic E-state index is 13.6. The lowest BCUT2D eigenvalue weighted by Crippen LogP contribution is -2.42. The zero-order valence-electron chi connectivity index (χ0n) is 20.8. The Hall–Kier alpha value is -4.20. The first-order valence-corrected chi connectivity index (χ1v) is 11.9. The molecule has 4 rings (SSSR count). The van der Waals surface area contributed by atoms with Crippen molar-refractivity contribution in [3.63, 3.8) is 0 Å². The molecule has 8 nitrogen and oxygen atoms in total. The Morgan fingerprint density at radius 1 is 1.00 bits per heavy atom. The second kappa shape index (κ2) is 10.2. The van der Waals surface area contributed by atoms with Crippen molar-refractivity contribution in [3.8, 4) is 11.3 Å². The quantitative estimate of drug-likeness (QED) is 0.454. The second-order valence-electron chi connectivity index (χ2n) is 9.00. The van der Waals surface area contributed by atoms with E-state index in [0.717, 1.165) is 5.56 Å². The van der Waals surface area contributed by atoms with Crippen molar-refractivity contribution in [2.45, 2.75) is 32.7 Å². The van der Waals surface area contributed by atoms with E-state index in [9.17, 15) is 19.5 Å². The standard InChI is InChI=1S/C28H29N3O5/c1-5-17(6-2)24-23(25(32)19-7-9-20(10-8-19)27(34)30(3)4)26(33)28(35)31(24)21-13-11-18(12-14-21)22-15-16-36-29-22/h7-17,24,33H,5-6H2,1-4H3. The maximum Gasteiger partial charge on any atom is 0.294 e. The Morgan fingerprint density at radius 2 is 1.61 bits per heavy atom. The molecule has 1 unspecified atom stereocenters. The number of nitrogens with zero attached hydrogens (tertiary/aromatic N) is 3. The predicted octanol–water partition coefficient (Wildman–Crippen LogP) is 4.89. The van der Waals surface area contributed by atoms with Gasteiger partial charge in [-0.1, -0.05) is 56.1 Å². The molecule has 0 bridgehead atoms. The van der Waals surface area contributed by atoms with Crippen molar-refractivity contribution in [2.75, 3.05) is 19.0 Å². The molecular weight excluding hydrogens is 458 g/mol. The largest absolute Gasteiger partial charge is 0.503 e. The summed E-state index contributed by atoms with van der Waals surface area (Å²) in [6.07, 6.45) is 2.91. The first-order valence-electron chi connectivity index (χ1n) is 11.9. The molecule has 1 N–H and O–H groups in total. The first kappa shape index (κ1) is 24.9. The SMILES string of the molecule is CCC(CC)C1C(C(=O)c2ccc(C(=O)N(C)C)cc2)=C(O)C(=O)N1c1ccc(-c2ccon2)cc1. The van der Waals surface area contributed by atoms with Crippen LogP contribution in [-0.2, 0) is 4.79 Å². The van der Waals surface area contributed by atoms with E-state index in [1.807, 2.05) is 26.0 Å². The molecule has 0 radical (unpaired) electrons. The van der Waals surface area contributed by atoms with Crippen molar-refractivity contribution >= 4 is 23.3 Å². The number of carbonyl (C=O) groups excluding carboxylic acids is 3. The number of aliphatic hydroxyl groups excluding tert-OH is 1. The van der Waals surface area contributed by atoms with E-state index in [0.29, 0.717) is 35.3 Å². The number of rotatable bonds is 8. The van der Waals surface area contributed by atoms with E-state index in [4.69, 9.17) is 4.52 Å². The Bertz CT molecular complexity index is 1290. The minimum absolute atomic E-state index is 0.0534. The third-order valence-corrected chi connectivity index (χ3v) is 6.67. The molecule has 2 amide bonds. The predicted molar refractivity (Wildman–Crippen MR) is 136 cm³/mol. The first-order chi connectivity index (χ1) is 17.3. The third-order valence-electron chi connectivity index (χ3n) is 6.67. The molecule has 0 spiro atoms. The zero-order valence-corrected chi connectivity index (χ0v) is 20.8. The van der Waals surface area contributed by atoms with Crippen LogP contribution in [0.5, 0.6) is 0 Å². The summed E-state index contributed by atoms with van der Waals surface area (Å²) in [5.41, 5.74) is 2.89. The number of anilines is 1. The van der Waals surface area contributed by atoms with Gasteiger partial charge >= 0.3 is 0 Å². The van der Waals surface area contributed by atoms with Gasteiger partial charge in [0.2, 0.25) is 0 Å².